The fourth-order valence-electron chi connectivity index (χ4n) is 5.07. The van der Waals surface area contributed by atoms with E-state index in [9.17, 15) is 9.90 Å². The lowest BCUT2D eigenvalue weighted by Gasteiger charge is -2.43. The van der Waals surface area contributed by atoms with Gasteiger partial charge in [-0.3, -0.25) is 4.90 Å². The van der Waals surface area contributed by atoms with Gasteiger partial charge in [-0.1, -0.05) is 11.6 Å². The Hall–Kier alpha value is -1.57. The van der Waals surface area contributed by atoms with E-state index in [-0.39, 0.29) is 11.5 Å². The van der Waals surface area contributed by atoms with Crippen LogP contribution in [-0.4, -0.2) is 71.0 Å². The number of anilines is 1. The topological polar surface area (TPSA) is 77.9 Å². The van der Waals surface area contributed by atoms with Gasteiger partial charge >= 0.3 is 6.09 Å². The molecule has 1 saturated heterocycles. The van der Waals surface area contributed by atoms with Crippen LogP contribution in [0.25, 0.3) is 0 Å². The number of ether oxygens (including phenoxy) is 1. The van der Waals surface area contributed by atoms with Gasteiger partial charge in [0.05, 0.1) is 11.6 Å². The average molecular weight is 409 g/mol. The van der Waals surface area contributed by atoms with Crippen molar-refractivity contribution in [1.29, 1.82) is 0 Å². The van der Waals surface area contributed by atoms with Gasteiger partial charge in [-0.2, -0.15) is 0 Å². The van der Waals surface area contributed by atoms with Crippen LogP contribution in [-0.2, 0) is 10.2 Å². The number of aromatic nitrogens is 1. The van der Waals surface area contributed by atoms with E-state index < -0.39 is 6.23 Å². The molecule has 3 heterocycles. The largest absolute Gasteiger partial charge is 0.450 e. The summed E-state index contributed by atoms with van der Waals surface area (Å²) < 4.78 is 5.15. The number of nitrogens with zero attached hydrogens (tertiary/aromatic N) is 3. The Morgan fingerprint density at radius 1 is 1.36 bits per heavy atom. The van der Waals surface area contributed by atoms with Crippen molar-refractivity contribution in [2.45, 2.75) is 56.7 Å². The zero-order valence-electron chi connectivity index (χ0n) is 16.4. The monoisotopic (exact) mass is 408 g/mol. The van der Waals surface area contributed by atoms with E-state index in [4.69, 9.17) is 16.3 Å². The van der Waals surface area contributed by atoms with Crippen LogP contribution in [0.3, 0.4) is 0 Å². The summed E-state index contributed by atoms with van der Waals surface area (Å²) in [5.41, 5.74) is 0.752. The molecule has 1 aliphatic carbocycles. The normalized spacial score (nSPS) is 30.6. The molecule has 8 heteroatoms. The molecular weight excluding hydrogens is 380 g/mol. The molecule has 7 nitrogen and oxygen atoms in total. The van der Waals surface area contributed by atoms with Gasteiger partial charge in [-0.15, -0.1) is 0 Å². The van der Waals surface area contributed by atoms with Crippen LogP contribution in [0.4, 0.5) is 10.6 Å². The summed E-state index contributed by atoms with van der Waals surface area (Å²) in [5, 5.41) is 14.5. The van der Waals surface area contributed by atoms with Crippen LogP contribution >= 0.6 is 11.6 Å². The van der Waals surface area contributed by atoms with Crippen LogP contribution in [0.5, 0.6) is 0 Å². The first-order chi connectivity index (χ1) is 13.5. The van der Waals surface area contributed by atoms with E-state index >= 15 is 0 Å². The maximum Gasteiger partial charge on any atom is 0.409 e. The number of pyridine rings is 1. The SMILES string of the molecule is CCOC(=O)N1CCCN(C2CCC3(CC2)c2cc(Cl)cnc2NC3O)CC1. The maximum atomic E-state index is 12.0. The number of aliphatic hydroxyl groups is 1. The standard InChI is InChI=1S/C20H29ClN4O3/c1-2-28-19(27)25-9-3-8-24(10-11-25)15-4-6-20(7-5-15)16-12-14(21)13-22-17(16)23-18(20)26/h12-13,15,18,26H,2-11H2,1H3,(H,22,23). The van der Waals surface area contributed by atoms with Gasteiger partial charge in [0.1, 0.15) is 12.0 Å². The highest BCUT2D eigenvalue weighted by molar-refractivity contribution is 6.30. The lowest BCUT2D eigenvalue weighted by molar-refractivity contribution is 0.0531. The molecule has 4 rings (SSSR count). The summed E-state index contributed by atoms with van der Waals surface area (Å²) in [5.74, 6) is 0.759. The minimum absolute atomic E-state index is 0.201. The molecule has 1 atom stereocenters. The van der Waals surface area contributed by atoms with Gasteiger partial charge in [-0.25, -0.2) is 9.78 Å². The average Bonchev–Trinajstić information content (AvgIpc) is 2.86. The summed E-state index contributed by atoms with van der Waals surface area (Å²) in [7, 11) is 0. The van der Waals surface area contributed by atoms with E-state index in [0.717, 1.165) is 63.1 Å². The molecule has 2 aliphatic heterocycles. The van der Waals surface area contributed by atoms with Gasteiger partial charge in [0.25, 0.3) is 0 Å². The number of rotatable bonds is 2. The Kier molecular flexibility index (Phi) is 5.67. The highest BCUT2D eigenvalue weighted by Crippen LogP contribution is 2.50. The van der Waals surface area contributed by atoms with Crippen molar-refractivity contribution in [3.05, 3.63) is 22.8 Å². The molecule has 1 aromatic heterocycles. The van der Waals surface area contributed by atoms with E-state index in [1.807, 2.05) is 17.9 Å². The maximum absolute atomic E-state index is 12.0. The Bertz CT molecular complexity index is 723. The molecule has 1 amide bonds. The predicted octanol–water partition coefficient (Wildman–Crippen LogP) is 2.82. The number of aliphatic hydroxyl groups excluding tert-OH is 1. The molecule has 154 valence electrons. The third-order valence-electron chi connectivity index (χ3n) is 6.61. The van der Waals surface area contributed by atoms with Crippen LogP contribution in [0.1, 0.15) is 44.6 Å². The third-order valence-corrected chi connectivity index (χ3v) is 6.81. The molecular formula is C20H29ClN4O3. The van der Waals surface area contributed by atoms with E-state index in [0.29, 0.717) is 24.2 Å². The number of halogens is 1. The molecule has 3 aliphatic rings. The zero-order valence-corrected chi connectivity index (χ0v) is 17.1. The summed E-state index contributed by atoms with van der Waals surface area (Å²) in [6.07, 6.45) is 5.61. The van der Waals surface area contributed by atoms with Crippen LogP contribution < -0.4 is 5.32 Å². The molecule has 1 aromatic rings. The smallest absolute Gasteiger partial charge is 0.409 e. The third kappa shape index (κ3) is 3.55. The first-order valence-electron chi connectivity index (χ1n) is 10.3. The van der Waals surface area contributed by atoms with Gasteiger partial charge in [0, 0.05) is 49.4 Å². The molecule has 28 heavy (non-hydrogen) atoms. The minimum atomic E-state index is -0.613. The molecule has 1 spiro atoms. The van der Waals surface area contributed by atoms with E-state index in [1.165, 1.54) is 0 Å². The highest BCUT2D eigenvalue weighted by Gasteiger charge is 2.49. The van der Waals surface area contributed by atoms with Crippen molar-refractivity contribution < 1.29 is 14.6 Å². The lowest BCUT2D eigenvalue weighted by atomic mass is 9.68. The second kappa shape index (κ2) is 8.05. The molecule has 1 saturated carbocycles. The molecule has 0 aromatic carbocycles. The number of fused-ring (bicyclic) bond motifs is 2. The molecule has 1 unspecified atom stereocenters. The van der Waals surface area contributed by atoms with Crippen LogP contribution in [0, 0.1) is 0 Å². The molecule has 2 N–H and O–H groups in total. The minimum Gasteiger partial charge on any atom is -0.450 e. The first-order valence-corrected chi connectivity index (χ1v) is 10.7. The lowest BCUT2D eigenvalue weighted by Crippen LogP contribution is -2.48. The van der Waals surface area contributed by atoms with Crippen molar-refractivity contribution >= 4 is 23.5 Å². The van der Waals surface area contributed by atoms with Gasteiger partial charge in [0.15, 0.2) is 0 Å². The van der Waals surface area contributed by atoms with Crippen molar-refractivity contribution in [1.82, 2.24) is 14.8 Å². The van der Waals surface area contributed by atoms with Gasteiger partial charge in [0.2, 0.25) is 0 Å². The number of carbonyl (C=O) groups is 1. The van der Waals surface area contributed by atoms with Crippen molar-refractivity contribution in [3.63, 3.8) is 0 Å². The summed E-state index contributed by atoms with van der Waals surface area (Å²) in [6.45, 7) is 5.60. The quantitative estimate of drug-likeness (QED) is 0.783. The number of hydrogen-bond acceptors (Lipinski definition) is 6. The summed E-state index contributed by atoms with van der Waals surface area (Å²) in [4.78, 5) is 20.7. The highest BCUT2D eigenvalue weighted by atomic mass is 35.5. The molecule has 0 bridgehead atoms. The number of nitrogens with one attached hydrogen (secondary N) is 1. The Labute approximate surface area is 171 Å². The summed E-state index contributed by atoms with van der Waals surface area (Å²) >= 11 is 6.18. The number of carbonyl (C=O) groups excluding carboxylic acids is 1. The van der Waals surface area contributed by atoms with Crippen LogP contribution in [0.15, 0.2) is 12.3 Å². The van der Waals surface area contributed by atoms with Gasteiger partial charge < -0.3 is 20.1 Å². The van der Waals surface area contributed by atoms with Gasteiger partial charge in [-0.05, 0) is 45.1 Å². The van der Waals surface area contributed by atoms with Crippen molar-refractivity contribution in [3.8, 4) is 0 Å². The number of hydrogen-bond donors (Lipinski definition) is 2. The predicted molar refractivity (Wildman–Crippen MR) is 108 cm³/mol. The second-order valence-corrected chi connectivity index (χ2v) is 8.50. The zero-order chi connectivity index (χ0) is 19.7. The Morgan fingerprint density at radius 3 is 2.89 bits per heavy atom. The van der Waals surface area contributed by atoms with Crippen molar-refractivity contribution in [2.24, 2.45) is 0 Å². The van der Waals surface area contributed by atoms with Crippen LogP contribution in [0.2, 0.25) is 5.02 Å². The van der Waals surface area contributed by atoms with E-state index in [2.05, 4.69) is 15.2 Å². The fourth-order valence-corrected chi connectivity index (χ4v) is 5.23. The second-order valence-electron chi connectivity index (χ2n) is 8.06. The molecule has 2 fully saturated rings. The van der Waals surface area contributed by atoms with Crippen molar-refractivity contribution in [2.75, 3.05) is 38.1 Å². The number of amides is 1. The Balaban J connectivity index is 1.40. The first kappa shape index (κ1) is 19.7. The fraction of sp³-hybridized carbons (Fsp3) is 0.700. The Morgan fingerprint density at radius 2 is 2.14 bits per heavy atom. The molecule has 0 radical (unpaired) electrons. The summed E-state index contributed by atoms with van der Waals surface area (Å²) in [6, 6.07) is 2.44. The van der Waals surface area contributed by atoms with E-state index in [1.54, 1.807) is 6.20 Å².